The Balaban J connectivity index is 1.66. The average Bonchev–Trinajstić information content (AvgIpc) is 2.69. The molecule has 0 amide bonds. The van der Waals surface area contributed by atoms with E-state index in [1.165, 1.54) is 30.9 Å². The van der Waals surface area contributed by atoms with Gasteiger partial charge in [-0.05, 0) is 17.7 Å². The Labute approximate surface area is 156 Å². The lowest BCUT2D eigenvalue weighted by atomic mass is 10.1. The van der Waals surface area contributed by atoms with Gasteiger partial charge in [0.15, 0.2) is 16.8 Å². The highest BCUT2D eigenvalue weighted by Crippen LogP contribution is 2.35. The van der Waals surface area contributed by atoms with E-state index in [9.17, 15) is 9.90 Å². The highest BCUT2D eigenvalue weighted by Gasteiger charge is 2.15. The third-order valence-corrected chi connectivity index (χ3v) is 4.78. The van der Waals surface area contributed by atoms with Crippen LogP contribution in [0.15, 0.2) is 51.7 Å². The van der Waals surface area contributed by atoms with E-state index < -0.39 is 0 Å². The van der Waals surface area contributed by atoms with Crippen molar-refractivity contribution in [3.8, 4) is 22.8 Å². The minimum Gasteiger partial charge on any atom is -0.504 e. The Kier molecular flexibility index (Phi) is 4.83. The van der Waals surface area contributed by atoms with Crippen LogP contribution in [0.1, 0.15) is 5.56 Å². The zero-order chi connectivity index (χ0) is 18.8. The van der Waals surface area contributed by atoms with E-state index in [4.69, 9.17) is 13.9 Å². The van der Waals surface area contributed by atoms with Crippen LogP contribution in [0.4, 0.5) is 0 Å². The molecule has 2 aromatic carbocycles. The number of hydrogen-bond acceptors (Lipinski definition) is 6. The molecule has 6 nitrogen and oxygen atoms in total. The van der Waals surface area contributed by atoms with Gasteiger partial charge in [-0.2, -0.15) is 0 Å². The topological polar surface area (TPSA) is 72.1 Å². The number of phenols is 1. The number of phenolic OH excluding ortho intramolecular Hbond substituents is 1. The van der Waals surface area contributed by atoms with Crippen molar-refractivity contribution in [2.24, 2.45) is 0 Å². The molecule has 27 heavy (non-hydrogen) atoms. The molecule has 0 spiro atoms. The van der Waals surface area contributed by atoms with E-state index in [2.05, 4.69) is 4.90 Å². The van der Waals surface area contributed by atoms with Crippen LogP contribution in [-0.4, -0.2) is 43.4 Å². The molecule has 0 aliphatic carbocycles. The first kappa shape index (κ1) is 17.6. The zero-order valence-electron chi connectivity index (χ0n) is 15.1. The summed E-state index contributed by atoms with van der Waals surface area (Å²) >= 11 is 0. The summed E-state index contributed by atoms with van der Waals surface area (Å²) < 4.78 is 16.5. The molecule has 1 aliphatic heterocycles. The fourth-order valence-electron chi connectivity index (χ4n) is 3.32. The SMILES string of the molecule is COc1c(O)ccc2c(=O)cc(-c3ccc(CN4CCOCC4)cc3)oc12. The van der Waals surface area contributed by atoms with Gasteiger partial charge in [-0.1, -0.05) is 24.3 Å². The maximum Gasteiger partial charge on any atom is 0.204 e. The molecule has 2 heterocycles. The first-order valence-corrected chi connectivity index (χ1v) is 8.89. The van der Waals surface area contributed by atoms with Crippen LogP contribution >= 0.6 is 0 Å². The van der Waals surface area contributed by atoms with Gasteiger partial charge >= 0.3 is 0 Å². The van der Waals surface area contributed by atoms with Crippen molar-refractivity contribution in [1.29, 1.82) is 0 Å². The molecule has 0 atom stereocenters. The Morgan fingerprint density at radius 2 is 1.85 bits per heavy atom. The molecular weight excluding hydrogens is 346 g/mol. The smallest absolute Gasteiger partial charge is 0.204 e. The van der Waals surface area contributed by atoms with Gasteiger partial charge in [0.2, 0.25) is 5.75 Å². The van der Waals surface area contributed by atoms with E-state index in [0.29, 0.717) is 11.1 Å². The lowest BCUT2D eigenvalue weighted by molar-refractivity contribution is 0.0342. The predicted octanol–water partition coefficient (Wildman–Crippen LogP) is 3.01. The van der Waals surface area contributed by atoms with E-state index in [1.54, 1.807) is 0 Å². The van der Waals surface area contributed by atoms with Crippen LogP contribution in [0.2, 0.25) is 0 Å². The standard InChI is InChI=1S/C21H21NO5/c1-25-21-17(23)7-6-16-18(24)12-19(27-20(16)21)15-4-2-14(3-5-15)13-22-8-10-26-11-9-22/h2-7,12,23H,8-11,13H2,1H3. The largest absolute Gasteiger partial charge is 0.504 e. The summed E-state index contributed by atoms with van der Waals surface area (Å²) in [5, 5.41) is 10.3. The second-order valence-electron chi connectivity index (χ2n) is 6.55. The van der Waals surface area contributed by atoms with Crippen molar-refractivity contribution in [2.75, 3.05) is 33.4 Å². The quantitative estimate of drug-likeness (QED) is 0.764. The van der Waals surface area contributed by atoms with Crippen LogP contribution in [-0.2, 0) is 11.3 Å². The molecule has 1 fully saturated rings. The van der Waals surface area contributed by atoms with Crippen molar-refractivity contribution in [3.05, 3.63) is 58.3 Å². The number of hydrogen-bond donors (Lipinski definition) is 1. The second kappa shape index (κ2) is 7.42. The number of methoxy groups -OCH3 is 1. The molecule has 4 rings (SSSR count). The maximum absolute atomic E-state index is 12.5. The Morgan fingerprint density at radius 3 is 2.56 bits per heavy atom. The van der Waals surface area contributed by atoms with Crippen LogP contribution in [0.3, 0.4) is 0 Å². The van der Waals surface area contributed by atoms with Crippen molar-refractivity contribution in [3.63, 3.8) is 0 Å². The number of morpholine rings is 1. The molecule has 0 unspecified atom stereocenters. The predicted molar refractivity (Wildman–Crippen MR) is 102 cm³/mol. The van der Waals surface area contributed by atoms with Crippen molar-refractivity contribution >= 4 is 11.0 Å². The number of benzene rings is 2. The molecule has 0 saturated carbocycles. The third kappa shape index (κ3) is 3.54. The van der Waals surface area contributed by atoms with E-state index in [1.807, 2.05) is 24.3 Å². The van der Waals surface area contributed by atoms with E-state index in [0.717, 1.165) is 38.4 Å². The summed E-state index contributed by atoms with van der Waals surface area (Å²) in [6.45, 7) is 4.28. The van der Waals surface area contributed by atoms with Crippen LogP contribution in [0, 0.1) is 0 Å². The highest BCUT2D eigenvalue weighted by atomic mass is 16.5. The summed E-state index contributed by atoms with van der Waals surface area (Å²) in [6.07, 6.45) is 0. The molecule has 1 aliphatic rings. The van der Waals surface area contributed by atoms with Crippen LogP contribution in [0.25, 0.3) is 22.3 Å². The van der Waals surface area contributed by atoms with E-state index >= 15 is 0 Å². The first-order valence-electron chi connectivity index (χ1n) is 8.89. The zero-order valence-corrected chi connectivity index (χ0v) is 15.1. The first-order chi connectivity index (χ1) is 13.2. The fraction of sp³-hybridized carbons (Fsp3) is 0.286. The molecule has 1 aromatic heterocycles. The Bertz CT molecular complexity index is 1000. The van der Waals surface area contributed by atoms with Crippen molar-refractivity contribution in [2.45, 2.75) is 6.54 Å². The molecule has 140 valence electrons. The average molecular weight is 367 g/mol. The summed E-state index contributed by atoms with van der Waals surface area (Å²) in [4.78, 5) is 14.8. The Morgan fingerprint density at radius 1 is 1.11 bits per heavy atom. The number of ether oxygens (including phenoxy) is 2. The number of rotatable bonds is 4. The van der Waals surface area contributed by atoms with Crippen molar-refractivity contribution in [1.82, 2.24) is 4.90 Å². The highest BCUT2D eigenvalue weighted by molar-refractivity contribution is 5.86. The Hall–Kier alpha value is -2.83. The minimum atomic E-state index is -0.179. The van der Waals surface area contributed by atoms with Crippen molar-refractivity contribution < 1.29 is 19.0 Å². The molecule has 0 radical (unpaired) electrons. The van der Waals surface area contributed by atoms with Gasteiger partial charge in [-0.15, -0.1) is 0 Å². The number of aromatic hydroxyl groups is 1. The molecule has 3 aromatic rings. The van der Waals surface area contributed by atoms with Gasteiger partial charge < -0.3 is 19.0 Å². The second-order valence-corrected chi connectivity index (χ2v) is 6.55. The molecule has 1 N–H and O–H groups in total. The monoisotopic (exact) mass is 367 g/mol. The fourth-order valence-corrected chi connectivity index (χ4v) is 3.32. The molecule has 6 heteroatoms. The number of fused-ring (bicyclic) bond motifs is 1. The third-order valence-electron chi connectivity index (χ3n) is 4.78. The van der Waals surface area contributed by atoms with Gasteiger partial charge in [-0.3, -0.25) is 9.69 Å². The van der Waals surface area contributed by atoms with Crippen LogP contribution < -0.4 is 10.2 Å². The summed E-state index contributed by atoms with van der Waals surface area (Å²) in [5.41, 5.74) is 2.06. The minimum absolute atomic E-state index is 0.0637. The molecule has 0 bridgehead atoms. The van der Waals surface area contributed by atoms with Gasteiger partial charge in [-0.25, -0.2) is 0 Å². The summed E-state index contributed by atoms with van der Waals surface area (Å²) in [5.74, 6) is 0.538. The maximum atomic E-state index is 12.5. The lowest BCUT2D eigenvalue weighted by Gasteiger charge is -2.26. The van der Waals surface area contributed by atoms with Gasteiger partial charge in [0.1, 0.15) is 5.76 Å². The summed E-state index contributed by atoms with van der Waals surface area (Å²) in [6, 6.07) is 12.4. The summed E-state index contributed by atoms with van der Waals surface area (Å²) in [7, 11) is 1.43. The van der Waals surface area contributed by atoms with Gasteiger partial charge in [0.05, 0.1) is 25.7 Å². The molecule has 1 saturated heterocycles. The molecular formula is C21H21NO5. The normalized spacial score (nSPS) is 15.1. The van der Waals surface area contributed by atoms with Gasteiger partial charge in [0.25, 0.3) is 0 Å². The van der Waals surface area contributed by atoms with Gasteiger partial charge in [0, 0.05) is 31.3 Å². The lowest BCUT2D eigenvalue weighted by Crippen LogP contribution is -2.35. The van der Waals surface area contributed by atoms with Crippen LogP contribution in [0.5, 0.6) is 11.5 Å². The van der Waals surface area contributed by atoms with E-state index in [-0.39, 0.29) is 22.5 Å². The number of nitrogens with zero attached hydrogens (tertiary/aromatic N) is 1.